The van der Waals surface area contributed by atoms with Crippen LogP contribution in [0, 0.1) is 11.8 Å². The van der Waals surface area contributed by atoms with Crippen molar-refractivity contribution in [2.24, 2.45) is 11.8 Å². The fraction of sp³-hybridized carbons (Fsp3) is 0.954. The highest BCUT2D eigenvalue weighted by Crippen LogP contribution is 2.45. The minimum atomic E-state index is -4.97. The van der Waals surface area contributed by atoms with Gasteiger partial charge >= 0.3 is 39.5 Å². The number of aliphatic hydroxyl groups is 1. The minimum absolute atomic E-state index is 0.106. The largest absolute Gasteiger partial charge is 0.472 e. The van der Waals surface area contributed by atoms with E-state index in [2.05, 4.69) is 41.5 Å². The third kappa shape index (κ3) is 80.1. The molecule has 0 aromatic heterocycles. The van der Waals surface area contributed by atoms with Crippen LogP contribution in [0.15, 0.2) is 0 Å². The molecule has 0 fully saturated rings. The van der Waals surface area contributed by atoms with Crippen LogP contribution in [-0.4, -0.2) is 96.7 Å². The van der Waals surface area contributed by atoms with Crippen LogP contribution in [0.2, 0.25) is 0 Å². The Bertz CT molecular complexity index is 2030. The van der Waals surface area contributed by atoms with Crippen molar-refractivity contribution in [3.05, 3.63) is 0 Å². The first-order chi connectivity index (χ1) is 51.4. The van der Waals surface area contributed by atoms with Gasteiger partial charge in [-0.15, -0.1) is 0 Å². The molecular formula is C87H170O17P2. The second-order valence-corrected chi connectivity index (χ2v) is 35.1. The predicted molar refractivity (Wildman–Crippen MR) is 437 cm³/mol. The lowest BCUT2D eigenvalue weighted by Crippen LogP contribution is -2.30. The number of esters is 4. The second-order valence-electron chi connectivity index (χ2n) is 32.2. The first-order valence-electron chi connectivity index (χ1n) is 45.0. The second kappa shape index (κ2) is 78.3. The van der Waals surface area contributed by atoms with Crippen LogP contribution < -0.4 is 0 Å². The van der Waals surface area contributed by atoms with E-state index in [4.69, 9.17) is 37.0 Å². The Kier molecular flexibility index (Phi) is 76.9. The van der Waals surface area contributed by atoms with Gasteiger partial charge in [-0.3, -0.25) is 37.3 Å². The fourth-order valence-electron chi connectivity index (χ4n) is 13.6. The molecule has 2 unspecified atom stereocenters. The third-order valence-corrected chi connectivity index (χ3v) is 22.4. The molecule has 0 spiro atoms. The van der Waals surface area contributed by atoms with Crippen molar-refractivity contribution < 1.29 is 80.2 Å². The topological polar surface area (TPSA) is 237 Å². The first kappa shape index (κ1) is 104. The number of hydrogen-bond acceptors (Lipinski definition) is 15. The van der Waals surface area contributed by atoms with E-state index in [-0.39, 0.29) is 25.7 Å². The SMILES string of the molecule is CCCCCCCCCCCCCCCCCCCCCCCCC(=O)O[C@H](COC(=O)CCCCCCCCCCCCCCCCCCCCCCC)COP(=O)(O)OC[C@@H](O)COP(=O)(O)OC[C@@H](COC(=O)CCCCCCCCCC(C)C)OC(=O)CCCCCCCCCCCCC(C)C. The summed E-state index contributed by atoms with van der Waals surface area (Å²) in [4.78, 5) is 73.2. The van der Waals surface area contributed by atoms with Crippen molar-refractivity contribution in [2.75, 3.05) is 39.6 Å². The van der Waals surface area contributed by atoms with Crippen molar-refractivity contribution in [3.63, 3.8) is 0 Å². The quantitative estimate of drug-likeness (QED) is 0.0222. The van der Waals surface area contributed by atoms with Crippen LogP contribution in [0.5, 0.6) is 0 Å². The Hall–Kier alpha value is -1.94. The van der Waals surface area contributed by atoms with E-state index < -0.39 is 97.5 Å². The van der Waals surface area contributed by atoms with E-state index in [9.17, 15) is 43.2 Å². The summed E-state index contributed by atoms with van der Waals surface area (Å²) in [5.41, 5.74) is 0. The number of unbranched alkanes of at least 4 members (excludes halogenated alkanes) is 56. The number of ether oxygens (including phenoxy) is 4. The average molecular weight is 1550 g/mol. The van der Waals surface area contributed by atoms with Crippen molar-refractivity contribution in [3.8, 4) is 0 Å². The number of aliphatic hydroxyl groups excluding tert-OH is 1. The van der Waals surface area contributed by atoms with E-state index in [0.717, 1.165) is 102 Å². The van der Waals surface area contributed by atoms with Gasteiger partial charge in [-0.25, -0.2) is 9.13 Å². The molecule has 0 aromatic carbocycles. The Morgan fingerprint density at radius 2 is 0.434 bits per heavy atom. The summed E-state index contributed by atoms with van der Waals surface area (Å²) in [6.07, 6.45) is 71.2. The van der Waals surface area contributed by atoms with Crippen molar-refractivity contribution in [1.29, 1.82) is 0 Å². The molecule has 0 rings (SSSR count). The van der Waals surface area contributed by atoms with Gasteiger partial charge in [0.2, 0.25) is 0 Å². The molecule has 0 radical (unpaired) electrons. The Labute approximate surface area is 651 Å². The fourth-order valence-corrected chi connectivity index (χ4v) is 15.2. The Balaban J connectivity index is 5.20. The molecule has 0 bridgehead atoms. The van der Waals surface area contributed by atoms with E-state index in [1.807, 2.05) is 0 Å². The summed E-state index contributed by atoms with van der Waals surface area (Å²) in [7, 11) is -9.93. The van der Waals surface area contributed by atoms with Crippen LogP contribution in [0.4, 0.5) is 0 Å². The molecule has 0 heterocycles. The van der Waals surface area contributed by atoms with E-state index in [1.54, 1.807) is 0 Å². The zero-order valence-electron chi connectivity index (χ0n) is 69.7. The number of rotatable bonds is 86. The van der Waals surface area contributed by atoms with Crippen LogP contribution in [0.3, 0.4) is 0 Å². The monoisotopic (exact) mass is 1550 g/mol. The highest BCUT2D eigenvalue weighted by Gasteiger charge is 2.30. The van der Waals surface area contributed by atoms with Crippen LogP contribution in [-0.2, 0) is 65.4 Å². The van der Waals surface area contributed by atoms with E-state index in [1.165, 1.54) is 276 Å². The van der Waals surface area contributed by atoms with Crippen molar-refractivity contribution in [2.45, 2.75) is 484 Å². The number of carbonyl (C=O) groups is 4. The molecule has 0 amide bonds. The van der Waals surface area contributed by atoms with Gasteiger partial charge in [-0.2, -0.15) is 0 Å². The molecule has 17 nitrogen and oxygen atoms in total. The van der Waals surface area contributed by atoms with Gasteiger partial charge in [0.05, 0.1) is 26.4 Å². The molecule has 3 N–H and O–H groups in total. The van der Waals surface area contributed by atoms with Gasteiger partial charge in [-0.05, 0) is 37.5 Å². The number of phosphoric ester groups is 2. The van der Waals surface area contributed by atoms with Gasteiger partial charge in [0.25, 0.3) is 0 Å². The maximum Gasteiger partial charge on any atom is 0.472 e. The average Bonchev–Trinajstić information content (AvgIpc) is 0.919. The van der Waals surface area contributed by atoms with Gasteiger partial charge in [0.15, 0.2) is 12.2 Å². The highest BCUT2D eigenvalue weighted by atomic mass is 31.2. The molecule has 106 heavy (non-hydrogen) atoms. The normalized spacial score (nSPS) is 13.8. The standard InChI is InChI=1S/C87H170O17P2/c1-7-9-11-13-15-17-19-21-23-25-27-29-31-33-35-37-39-41-46-52-59-65-71-86(91)103-82(75-97-84(89)69-63-57-51-45-40-38-36-34-32-30-28-26-24-22-20-18-16-14-12-10-8-2)77-101-105(93,94)99-73-81(88)74-100-106(95,96)102-78-83(76-98-85(90)70-64-58-54-48-50-56-62-68-80(5)6)104-87(92)72-66-60-53-47-43-42-44-49-55-61-67-79(3)4/h79-83,88H,7-78H2,1-6H3,(H,93,94)(H,95,96)/t81-,82-,83-/m1/s1. The highest BCUT2D eigenvalue weighted by molar-refractivity contribution is 7.47. The first-order valence-corrected chi connectivity index (χ1v) is 48.0. The smallest absolute Gasteiger partial charge is 0.462 e. The molecule has 0 saturated carbocycles. The van der Waals surface area contributed by atoms with Crippen molar-refractivity contribution in [1.82, 2.24) is 0 Å². The summed E-state index contributed by atoms with van der Waals surface area (Å²) < 4.78 is 68.9. The summed E-state index contributed by atoms with van der Waals surface area (Å²) in [5.74, 6) is -0.649. The Morgan fingerprint density at radius 1 is 0.255 bits per heavy atom. The van der Waals surface area contributed by atoms with Crippen LogP contribution in [0.1, 0.15) is 465 Å². The lowest BCUT2D eigenvalue weighted by molar-refractivity contribution is -0.161. The van der Waals surface area contributed by atoms with Crippen molar-refractivity contribution >= 4 is 39.5 Å². The lowest BCUT2D eigenvalue weighted by atomic mass is 10.0. The van der Waals surface area contributed by atoms with Gasteiger partial charge < -0.3 is 33.8 Å². The van der Waals surface area contributed by atoms with Gasteiger partial charge in [0.1, 0.15) is 19.3 Å². The summed E-state index contributed by atoms with van der Waals surface area (Å²) in [5, 5.41) is 10.7. The van der Waals surface area contributed by atoms with E-state index in [0.29, 0.717) is 31.6 Å². The zero-order valence-corrected chi connectivity index (χ0v) is 71.5. The van der Waals surface area contributed by atoms with E-state index >= 15 is 0 Å². The zero-order chi connectivity index (χ0) is 77.8. The predicted octanol–water partition coefficient (Wildman–Crippen LogP) is 26.6. The summed E-state index contributed by atoms with van der Waals surface area (Å²) in [6, 6.07) is 0. The summed E-state index contributed by atoms with van der Waals surface area (Å²) in [6.45, 7) is 9.59. The molecular weight excluding hydrogens is 1380 g/mol. The third-order valence-electron chi connectivity index (χ3n) is 20.5. The molecule has 0 saturated heterocycles. The minimum Gasteiger partial charge on any atom is -0.462 e. The number of carbonyl (C=O) groups excluding carboxylic acids is 4. The summed E-state index contributed by atoms with van der Waals surface area (Å²) >= 11 is 0. The molecule has 0 aliphatic heterocycles. The van der Waals surface area contributed by atoms with Crippen LogP contribution >= 0.6 is 15.6 Å². The number of phosphoric acid groups is 2. The molecule has 0 aliphatic rings. The lowest BCUT2D eigenvalue weighted by Gasteiger charge is -2.21. The Morgan fingerprint density at radius 3 is 0.642 bits per heavy atom. The van der Waals surface area contributed by atoms with Crippen LogP contribution in [0.25, 0.3) is 0 Å². The molecule has 19 heteroatoms. The maximum absolute atomic E-state index is 13.2. The van der Waals surface area contributed by atoms with Gasteiger partial charge in [-0.1, -0.05) is 414 Å². The molecule has 5 atom stereocenters. The molecule has 630 valence electrons. The van der Waals surface area contributed by atoms with Gasteiger partial charge in [0, 0.05) is 25.7 Å². The molecule has 0 aliphatic carbocycles. The number of hydrogen-bond donors (Lipinski definition) is 3. The maximum atomic E-state index is 13.2. The molecule has 0 aromatic rings.